The fraction of sp³-hybridized carbons (Fsp3) is 0.667. The molecular formula is C9H16N2O. The molecule has 0 aromatic carbocycles. The monoisotopic (exact) mass is 168 g/mol. The fourth-order valence-corrected chi connectivity index (χ4v) is 1.10. The second kappa shape index (κ2) is 3.27. The summed E-state index contributed by atoms with van der Waals surface area (Å²) in [6, 6.07) is 0.0647. The first kappa shape index (κ1) is 9.26. The highest BCUT2D eigenvalue weighted by molar-refractivity contribution is 5.84. The van der Waals surface area contributed by atoms with Crippen LogP contribution in [0, 0.1) is 5.41 Å². The molecule has 1 amide bonds. The van der Waals surface area contributed by atoms with Gasteiger partial charge in [-0.1, -0.05) is 6.08 Å². The van der Waals surface area contributed by atoms with Crippen LogP contribution in [-0.2, 0) is 4.79 Å². The lowest BCUT2D eigenvalue weighted by Gasteiger charge is -2.38. The Bertz CT molecular complexity index is 197. The van der Waals surface area contributed by atoms with Crippen molar-refractivity contribution >= 4 is 5.91 Å². The Morgan fingerprint density at radius 1 is 1.75 bits per heavy atom. The van der Waals surface area contributed by atoms with Gasteiger partial charge < -0.3 is 10.6 Å². The SMILES string of the molecule is C=CC(C)NC(=O)C1(C)CNC1. The van der Waals surface area contributed by atoms with Crippen LogP contribution in [0.15, 0.2) is 12.7 Å². The molecule has 0 aliphatic carbocycles. The Balaban J connectivity index is 2.42. The molecule has 0 aromatic rings. The smallest absolute Gasteiger partial charge is 0.228 e. The van der Waals surface area contributed by atoms with Crippen LogP contribution in [0.3, 0.4) is 0 Å². The predicted molar refractivity (Wildman–Crippen MR) is 48.8 cm³/mol. The Morgan fingerprint density at radius 3 is 2.67 bits per heavy atom. The maximum absolute atomic E-state index is 11.5. The minimum Gasteiger partial charge on any atom is -0.350 e. The van der Waals surface area contributed by atoms with Crippen LogP contribution >= 0.6 is 0 Å². The lowest BCUT2D eigenvalue weighted by atomic mass is 9.83. The van der Waals surface area contributed by atoms with E-state index in [1.165, 1.54) is 0 Å². The number of carbonyl (C=O) groups excluding carboxylic acids is 1. The molecule has 0 spiro atoms. The molecule has 12 heavy (non-hydrogen) atoms. The summed E-state index contributed by atoms with van der Waals surface area (Å²) >= 11 is 0. The normalized spacial score (nSPS) is 22.2. The van der Waals surface area contributed by atoms with Crippen LogP contribution in [-0.4, -0.2) is 25.0 Å². The van der Waals surface area contributed by atoms with E-state index in [9.17, 15) is 4.79 Å². The van der Waals surface area contributed by atoms with Crippen molar-refractivity contribution in [2.45, 2.75) is 19.9 Å². The highest BCUT2D eigenvalue weighted by Crippen LogP contribution is 2.21. The molecule has 1 fully saturated rings. The van der Waals surface area contributed by atoms with Crippen molar-refractivity contribution in [3.63, 3.8) is 0 Å². The summed E-state index contributed by atoms with van der Waals surface area (Å²) in [5.41, 5.74) is -0.197. The molecule has 0 radical (unpaired) electrons. The molecule has 1 heterocycles. The Labute approximate surface area is 73.2 Å². The van der Waals surface area contributed by atoms with Gasteiger partial charge in [-0.25, -0.2) is 0 Å². The highest BCUT2D eigenvalue weighted by atomic mass is 16.2. The second-order valence-corrected chi connectivity index (χ2v) is 3.66. The van der Waals surface area contributed by atoms with Crippen molar-refractivity contribution in [1.29, 1.82) is 0 Å². The Morgan fingerprint density at radius 2 is 2.33 bits per heavy atom. The fourth-order valence-electron chi connectivity index (χ4n) is 1.10. The standard InChI is InChI=1S/C9H16N2O/c1-4-7(2)11-8(12)9(3)5-10-6-9/h4,7,10H,1,5-6H2,2-3H3,(H,11,12). The zero-order valence-electron chi connectivity index (χ0n) is 7.68. The summed E-state index contributed by atoms with van der Waals surface area (Å²) in [5.74, 6) is 0.119. The molecule has 1 rings (SSSR count). The van der Waals surface area contributed by atoms with Crippen molar-refractivity contribution in [2.75, 3.05) is 13.1 Å². The van der Waals surface area contributed by atoms with Gasteiger partial charge in [-0.3, -0.25) is 4.79 Å². The van der Waals surface area contributed by atoms with Gasteiger partial charge in [0.1, 0.15) is 0 Å². The van der Waals surface area contributed by atoms with Crippen molar-refractivity contribution in [3.05, 3.63) is 12.7 Å². The molecule has 0 aromatic heterocycles. The first-order valence-electron chi connectivity index (χ1n) is 4.23. The van der Waals surface area contributed by atoms with E-state index in [0.29, 0.717) is 0 Å². The van der Waals surface area contributed by atoms with Gasteiger partial charge in [-0.05, 0) is 13.8 Å². The largest absolute Gasteiger partial charge is 0.350 e. The molecule has 3 nitrogen and oxygen atoms in total. The van der Waals surface area contributed by atoms with Gasteiger partial charge in [0.15, 0.2) is 0 Å². The van der Waals surface area contributed by atoms with Crippen LogP contribution in [0.25, 0.3) is 0 Å². The molecule has 1 aliphatic rings. The maximum Gasteiger partial charge on any atom is 0.228 e. The number of nitrogens with one attached hydrogen (secondary N) is 2. The summed E-state index contributed by atoms with van der Waals surface area (Å²) in [6.45, 7) is 9.05. The minimum absolute atomic E-state index is 0.0647. The number of hydrogen-bond donors (Lipinski definition) is 2. The summed E-state index contributed by atoms with van der Waals surface area (Å²) in [4.78, 5) is 11.5. The van der Waals surface area contributed by atoms with Crippen LogP contribution in [0.2, 0.25) is 0 Å². The molecule has 1 saturated heterocycles. The average molecular weight is 168 g/mol. The first-order chi connectivity index (χ1) is 5.58. The van der Waals surface area contributed by atoms with Gasteiger partial charge in [0, 0.05) is 19.1 Å². The van der Waals surface area contributed by atoms with Gasteiger partial charge in [-0.15, -0.1) is 6.58 Å². The lowest BCUT2D eigenvalue weighted by Crippen LogP contribution is -2.60. The molecule has 1 unspecified atom stereocenters. The van der Waals surface area contributed by atoms with E-state index in [4.69, 9.17) is 0 Å². The third-order valence-corrected chi connectivity index (χ3v) is 2.29. The topological polar surface area (TPSA) is 41.1 Å². The van der Waals surface area contributed by atoms with E-state index < -0.39 is 0 Å². The van der Waals surface area contributed by atoms with Gasteiger partial charge in [0.2, 0.25) is 5.91 Å². The summed E-state index contributed by atoms with van der Waals surface area (Å²) < 4.78 is 0. The van der Waals surface area contributed by atoms with E-state index in [0.717, 1.165) is 13.1 Å². The van der Waals surface area contributed by atoms with E-state index in [1.54, 1.807) is 6.08 Å². The van der Waals surface area contributed by atoms with E-state index >= 15 is 0 Å². The summed E-state index contributed by atoms with van der Waals surface area (Å²) in [6.07, 6.45) is 1.73. The predicted octanol–water partition coefficient (Wildman–Crippen LogP) is 0.287. The zero-order valence-corrected chi connectivity index (χ0v) is 7.68. The Hall–Kier alpha value is -0.830. The van der Waals surface area contributed by atoms with Crippen molar-refractivity contribution < 1.29 is 4.79 Å². The van der Waals surface area contributed by atoms with Gasteiger partial charge in [0.25, 0.3) is 0 Å². The number of rotatable bonds is 3. The van der Waals surface area contributed by atoms with E-state index in [2.05, 4.69) is 17.2 Å². The minimum atomic E-state index is -0.197. The Kier molecular flexibility index (Phi) is 2.52. The molecule has 2 N–H and O–H groups in total. The van der Waals surface area contributed by atoms with E-state index in [1.807, 2.05) is 13.8 Å². The number of carbonyl (C=O) groups is 1. The molecule has 1 aliphatic heterocycles. The summed E-state index contributed by atoms with van der Waals surface area (Å²) in [5, 5.41) is 5.96. The maximum atomic E-state index is 11.5. The van der Waals surface area contributed by atoms with Crippen LogP contribution in [0.5, 0.6) is 0 Å². The number of amides is 1. The second-order valence-electron chi connectivity index (χ2n) is 3.66. The number of hydrogen-bond acceptors (Lipinski definition) is 2. The third-order valence-electron chi connectivity index (χ3n) is 2.29. The first-order valence-corrected chi connectivity index (χ1v) is 4.23. The van der Waals surface area contributed by atoms with Crippen LogP contribution in [0.1, 0.15) is 13.8 Å². The van der Waals surface area contributed by atoms with Crippen molar-refractivity contribution in [2.24, 2.45) is 5.41 Å². The third kappa shape index (κ3) is 1.67. The van der Waals surface area contributed by atoms with Gasteiger partial charge in [0.05, 0.1) is 5.41 Å². The van der Waals surface area contributed by atoms with Gasteiger partial charge >= 0.3 is 0 Å². The van der Waals surface area contributed by atoms with Crippen molar-refractivity contribution in [1.82, 2.24) is 10.6 Å². The molecule has 68 valence electrons. The highest BCUT2D eigenvalue weighted by Gasteiger charge is 2.39. The molecular weight excluding hydrogens is 152 g/mol. The zero-order chi connectivity index (χ0) is 9.19. The lowest BCUT2D eigenvalue weighted by molar-refractivity contribution is -0.133. The quantitative estimate of drug-likeness (QED) is 0.595. The molecule has 0 bridgehead atoms. The average Bonchev–Trinajstić information content (AvgIpc) is 1.99. The van der Waals surface area contributed by atoms with Gasteiger partial charge in [-0.2, -0.15) is 0 Å². The summed E-state index contributed by atoms with van der Waals surface area (Å²) in [7, 11) is 0. The molecule has 1 atom stereocenters. The molecule has 0 saturated carbocycles. The van der Waals surface area contributed by atoms with E-state index in [-0.39, 0.29) is 17.4 Å². The van der Waals surface area contributed by atoms with Crippen molar-refractivity contribution in [3.8, 4) is 0 Å². The van der Waals surface area contributed by atoms with Crippen LogP contribution < -0.4 is 10.6 Å². The van der Waals surface area contributed by atoms with Crippen LogP contribution in [0.4, 0.5) is 0 Å². The molecule has 3 heteroatoms.